The van der Waals surface area contributed by atoms with Gasteiger partial charge in [-0.25, -0.2) is 9.59 Å². The summed E-state index contributed by atoms with van der Waals surface area (Å²) in [5.41, 5.74) is 1.75. The highest BCUT2D eigenvalue weighted by atomic mass is 16.5. The van der Waals surface area contributed by atoms with Gasteiger partial charge in [0.15, 0.2) is 6.10 Å². The SMILES string of the molecule is C[C@H](OC(=O)c1cccn1C)C(=O)Nc1ccc2[nH]c(=O)[nH]c2c1. The average Bonchev–Trinajstić information content (AvgIpc) is 3.11. The summed E-state index contributed by atoms with van der Waals surface area (Å²) in [5.74, 6) is -1.04. The summed E-state index contributed by atoms with van der Waals surface area (Å²) in [6.07, 6.45) is 0.752. The molecule has 8 heteroatoms. The van der Waals surface area contributed by atoms with Crippen molar-refractivity contribution in [2.75, 3.05) is 5.32 Å². The van der Waals surface area contributed by atoms with E-state index in [1.165, 1.54) is 6.92 Å². The smallest absolute Gasteiger partial charge is 0.355 e. The monoisotopic (exact) mass is 328 g/mol. The fraction of sp³-hybridized carbons (Fsp3) is 0.188. The minimum Gasteiger partial charge on any atom is -0.448 e. The van der Waals surface area contributed by atoms with Gasteiger partial charge in [0, 0.05) is 18.9 Å². The molecule has 3 N–H and O–H groups in total. The molecule has 0 bridgehead atoms. The Labute approximate surface area is 136 Å². The third-order valence-corrected chi connectivity index (χ3v) is 3.59. The first-order valence-corrected chi connectivity index (χ1v) is 7.29. The second-order valence-electron chi connectivity index (χ2n) is 5.38. The number of rotatable bonds is 4. The summed E-state index contributed by atoms with van der Waals surface area (Å²) in [6, 6.07) is 8.27. The van der Waals surface area contributed by atoms with Crippen LogP contribution in [-0.4, -0.2) is 32.5 Å². The van der Waals surface area contributed by atoms with Crippen LogP contribution < -0.4 is 11.0 Å². The minimum absolute atomic E-state index is 0.321. The largest absolute Gasteiger partial charge is 0.448 e. The van der Waals surface area contributed by atoms with E-state index in [1.807, 2.05) is 0 Å². The van der Waals surface area contributed by atoms with Gasteiger partial charge in [0.25, 0.3) is 5.91 Å². The van der Waals surface area contributed by atoms with Crippen LogP contribution in [0, 0.1) is 0 Å². The lowest BCUT2D eigenvalue weighted by Gasteiger charge is -2.13. The Morgan fingerprint density at radius 3 is 2.67 bits per heavy atom. The first-order valence-electron chi connectivity index (χ1n) is 7.29. The van der Waals surface area contributed by atoms with Crippen LogP contribution in [0.5, 0.6) is 0 Å². The quantitative estimate of drug-likeness (QED) is 0.629. The molecule has 0 spiro atoms. The van der Waals surface area contributed by atoms with Crippen molar-refractivity contribution < 1.29 is 14.3 Å². The van der Waals surface area contributed by atoms with Gasteiger partial charge in [0.1, 0.15) is 5.69 Å². The highest BCUT2D eigenvalue weighted by Crippen LogP contribution is 2.15. The number of aromatic nitrogens is 3. The molecule has 0 radical (unpaired) electrons. The normalized spacial score (nSPS) is 12.1. The lowest BCUT2D eigenvalue weighted by molar-refractivity contribution is -0.123. The van der Waals surface area contributed by atoms with Crippen LogP contribution >= 0.6 is 0 Å². The number of hydrogen-bond acceptors (Lipinski definition) is 4. The lowest BCUT2D eigenvalue weighted by Crippen LogP contribution is -2.30. The fourth-order valence-corrected chi connectivity index (χ4v) is 2.30. The molecule has 0 aliphatic heterocycles. The fourth-order valence-electron chi connectivity index (χ4n) is 2.30. The van der Waals surface area contributed by atoms with E-state index in [9.17, 15) is 14.4 Å². The summed E-state index contributed by atoms with van der Waals surface area (Å²) < 4.78 is 6.78. The zero-order chi connectivity index (χ0) is 17.3. The van der Waals surface area contributed by atoms with E-state index in [-0.39, 0.29) is 5.69 Å². The topological polar surface area (TPSA) is 109 Å². The van der Waals surface area contributed by atoms with Gasteiger partial charge in [-0.3, -0.25) is 4.79 Å². The predicted molar refractivity (Wildman–Crippen MR) is 87.8 cm³/mol. The van der Waals surface area contributed by atoms with Crippen molar-refractivity contribution in [2.24, 2.45) is 7.05 Å². The first-order chi connectivity index (χ1) is 11.4. The molecule has 0 unspecified atom stereocenters. The second-order valence-corrected chi connectivity index (χ2v) is 5.38. The maximum absolute atomic E-state index is 12.2. The molecule has 1 atom stereocenters. The first kappa shape index (κ1) is 15.6. The van der Waals surface area contributed by atoms with Crippen molar-refractivity contribution in [3.63, 3.8) is 0 Å². The number of nitrogens with one attached hydrogen (secondary N) is 3. The lowest BCUT2D eigenvalue weighted by atomic mass is 10.2. The van der Waals surface area contributed by atoms with Crippen LogP contribution in [0.25, 0.3) is 11.0 Å². The number of ether oxygens (including phenoxy) is 1. The molecule has 24 heavy (non-hydrogen) atoms. The number of H-pyrrole nitrogens is 2. The van der Waals surface area contributed by atoms with E-state index in [2.05, 4.69) is 15.3 Å². The number of hydrogen-bond donors (Lipinski definition) is 3. The van der Waals surface area contributed by atoms with Gasteiger partial charge in [0.05, 0.1) is 11.0 Å². The number of imidazole rings is 1. The third-order valence-electron chi connectivity index (χ3n) is 3.59. The second kappa shape index (κ2) is 6.07. The van der Waals surface area contributed by atoms with Crippen molar-refractivity contribution in [1.29, 1.82) is 0 Å². The summed E-state index contributed by atoms with van der Waals surface area (Å²) in [7, 11) is 1.72. The van der Waals surface area contributed by atoms with E-state index in [4.69, 9.17) is 4.74 Å². The molecule has 0 fully saturated rings. The number of aromatic amines is 2. The zero-order valence-corrected chi connectivity index (χ0v) is 13.1. The maximum atomic E-state index is 12.2. The van der Waals surface area contributed by atoms with Crippen molar-refractivity contribution in [3.8, 4) is 0 Å². The number of anilines is 1. The number of carbonyl (C=O) groups is 2. The number of fused-ring (bicyclic) bond motifs is 1. The Hall–Kier alpha value is -3.29. The Morgan fingerprint density at radius 1 is 1.21 bits per heavy atom. The summed E-state index contributed by atoms with van der Waals surface area (Å²) in [5, 5.41) is 2.65. The minimum atomic E-state index is -0.964. The molecule has 3 rings (SSSR count). The van der Waals surface area contributed by atoms with Crippen molar-refractivity contribution in [3.05, 3.63) is 52.7 Å². The Balaban J connectivity index is 1.67. The van der Waals surface area contributed by atoms with E-state index >= 15 is 0 Å². The van der Waals surface area contributed by atoms with Crippen LogP contribution in [0.15, 0.2) is 41.3 Å². The van der Waals surface area contributed by atoms with Crippen molar-refractivity contribution in [2.45, 2.75) is 13.0 Å². The molecule has 2 heterocycles. The Bertz CT molecular complexity index is 966. The van der Waals surface area contributed by atoms with Crippen LogP contribution in [0.1, 0.15) is 17.4 Å². The standard InChI is InChI=1S/C16H16N4O4/c1-9(24-15(22)13-4-3-7-20(13)2)14(21)17-10-5-6-11-12(8-10)19-16(23)18-11/h3-9H,1-2H3,(H,17,21)(H2,18,19,23)/t9-/m0/s1. The zero-order valence-electron chi connectivity index (χ0n) is 13.1. The van der Waals surface area contributed by atoms with Gasteiger partial charge in [-0.15, -0.1) is 0 Å². The molecule has 1 amide bonds. The summed E-state index contributed by atoms with van der Waals surface area (Å²) in [6.45, 7) is 1.49. The van der Waals surface area contributed by atoms with Gasteiger partial charge < -0.3 is 24.6 Å². The number of nitrogens with zero attached hydrogens (tertiary/aromatic N) is 1. The Kier molecular flexibility index (Phi) is 3.95. The van der Waals surface area contributed by atoms with Gasteiger partial charge in [-0.1, -0.05) is 0 Å². The van der Waals surface area contributed by atoms with Gasteiger partial charge >= 0.3 is 11.7 Å². The van der Waals surface area contributed by atoms with Crippen LogP contribution in [-0.2, 0) is 16.6 Å². The third kappa shape index (κ3) is 3.07. The van der Waals surface area contributed by atoms with Crippen LogP contribution in [0.3, 0.4) is 0 Å². The van der Waals surface area contributed by atoms with Crippen LogP contribution in [0.4, 0.5) is 5.69 Å². The van der Waals surface area contributed by atoms with Gasteiger partial charge in [-0.05, 0) is 37.3 Å². The van der Waals surface area contributed by atoms with Gasteiger partial charge in [-0.2, -0.15) is 0 Å². The molecule has 3 aromatic rings. The summed E-state index contributed by atoms with van der Waals surface area (Å²) in [4.78, 5) is 40.6. The van der Waals surface area contributed by atoms with E-state index < -0.39 is 18.0 Å². The number of esters is 1. The van der Waals surface area contributed by atoms with Crippen molar-refractivity contribution >= 4 is 28.6 Å². The highest BCUT2D eigenvalue weighted by molar-refractivity contribution is 5.98. The predicted octanol–water partition coefficient (Wildman–Crippen LogP) is 1.38. The molecule has 0 aliphatic carbocycles. The number of carbonyl (C=O) groups excluding carboxylic acids is 2. The molecule has 2 aromatic heterocycles. The highest BCUT2D eigenvalue weighted by Gasteiger charge is 2.20. The maximum Gasteiger partial charge on any atom is 0.355 e. The van der Waals surface area contributed by atoms with Crippen LogP contribution in [0.2, 0.25) is 0 Å². The van der Waals surface area contributed by atoms with E-state index in [1.54, 1.807) is 48.1 Å². The Morgan fingerprint density at radius 2 is 1.96 bits per heavy atom. The van der Waals surface area contributed by atoms with E-state index in [0.29, 0.717) is 22.4 Å². The van der Waals surface area contributed by atoms with Gasteiger partial charge in [0.2, 0.25) is 0 Å². The van der Waals surface area contributed by atoms with Crippen molar-refractivity contribution in [1.82, 2.24) is 14.5 Å². The summed E-state index contributed by atoms with van der Waals surface area (Å²) >= 11 is 0. The molecule has 0 aliphatic rings. The molecular formula is C16H16N4O4. The molecule has 124 valence electrons. The number of aryl methyl sites for hydroxylation is 1. The molecule has 1 aromatic carbocycles. The number of benzene rings is 1. The molecular weight excluding hydrogens is 312 g/mol. The average molecular weight is 328 g/mol. The van der Waals surface area contributed by atoms with E-state index in [0.717, 1.165) is 0 Å². The number of amides is 1. The molecule has 8 nitrogen and oxygen atoms in total. The molecule has 0 saturated heterocycles. The molecule has 0 saturated carbocycles.